The molecule has 1 atom stereocenters. The summed E-state index contributed by atoms with van der Waals surface area (Å²) in [5, 5.41) is 3.57. The van der Waals surface area contributed by atoms with Crippen molar-refractivity contribution in [2.24, 2.45) is 0 Å². The van der Waals surface area contributed by atoms with Crippen molar-refractivity contribution < 1.29 is 14.2 Å². The number of hydrogen-bond acceptors (Lipinski definition) is 4. The van der Waals surface area contributed by atoms with Crippen LogP contribution in [-0.4, -0.2) is 31.6 Å². The van der Waals surface area contributed by atoms with Crippen LogP contribution in [0, 0.1) is 0 Å². The van der Waals surface area contributed by atoms with Crippen molar-refractivity contribution in [1.29, 1.82) is 0 Å². The number of nitrogens with one attached hydrogen (secondary N) is 1. The molecule has 1 heterocycles. The van der Waals surface area contributed by atoms with Gasteiger partial charge in [-0.05, 0) is 33.8 Å². The lowest BCUT2D eigenvalue weighted by Gasteiger charge is -2.38. The molecule has 0 amide bonds. The summed E-state index contributed by atoms with van der Waals surface area (Å²) in [6.45, 7) is 10.2. The van der Waals surface area contributed by atoms with Gasteiger partial charge in [-0.15, -0.1) is 0 Å². The first kappa shape index (κ1) is 16.3. The summed E-state index contributed by atoms with van der Waals surface area (Å²) in [6, 6.07) is 8.48. The zero-order chi connectivity index (χ0) is 15.3. The van der Waals surface area contributed by atoms with Crippen LogP contribution >= 0.6 is 0 Å². The van der Waals surface area contributed by atoms with Crippen LogP contribution in [0.4, 0.5) is 0 Å². The molecular formula is C17H27NO3. The van der Waals surface area contributed by atoms with Gasteiger partial charge in [0, 0.05) is 37.8 Å². The average molecular weight is 293 g/mol. The largest absolute Gasteiger partial charge is 0.487 e. The highest BCUT2D eigenvalue weighted by molar-refractivity contribution is 5.38. The summed E-state index contributed by atoms with van der Waals surface area (Å²) in [5.41, 5.74) is 1.04. The molecule has 0 saturated heterocycles. The van der Waals surface area contributed by atoms with Crippen LogP contribution in [0.3, 0.4) is 0 Å². The molecule has 4 heteroatoms. The summed E-state index contributed by atoms with van der Waals surface area (Å²) in [7, 11) is 0. The summed E-state index contributed by atoms with van der Waals surface area (Å²) >= 11 is 0. The van der Waals surface area contributed by atoms with E-state index >= 15 is 0 Å². The van der Waals surface area contributed by atoms with Crippen molar-refractivity contribution in [3.05, 3.63) is 29.8 Å². The Kier molecular flexibility index (Phi) is 5.62. The minimum absolute atomic E-state index is 0.168. The van der Waals surface area contributed by atoms with Gasteiger partial charge in [0.2, 0.25) is 0 Å². The minimum Gasteiger partial charge on any atom is -0.487 e. The molecule has 0 bridgehead atoms. The highest BCUT2D eigenvalue weighted by Gasteiger charge is 2.33. The standard InChI is InChI=1S/C17H27NO3/c1-5-19-16(20-6-2)12-18-14-11-17(3,4)21-15-10-8-7-9-13(14)15/h7-10,14,16,18H,5-6,11-12H2,1-4H3. The molecule has 0 spiro atoms. The van der Waals surface area contributed by atoms with Crippen molar-refractivity contribution in [1.82, 2.24) is 5.32 Å². The molecule has 0 fully saturated rings. The first-order chi connectivity index (χ1) is 10.1. The van der Waals surface area contributed by atoms with Gasteiger partial charge >= 0.3 is 0 Å². The van der Waals surface area contributed by atoms with Gasteiger partial charge < -0.3 is 19.5 Å². The quantitative estimate of drug-likeness (QED) is 0.783. The van der Waals surface area contributed by atoms with Crippen molar-refractivity contribution in [2.75, 3.05) is 19.8 Å². The molecule has 0 aliphatic carbocycles. The van der Waals surface area contributed by atoms with Crippen LogP contribution in [0.25, 0.3) is 0 Å². The van der Waals surface area contributed by atoms with E-state index in [1.165, 1.54) is 5.56 Å². The van der Waals surface area contributed by atoms with E-state index in [0.717, 1.165) is 12.2 Å². The predicted molar refractivity (Wildman–Crippen MR) is 83.5 cm³/mol. The van der Waals surface area contributed by atoms with Crippen LogP contribution < -0.4 is 10.1 Å². The van der Waals surface area contributed by atoms with Gasteiger partial charge in [0.25, 0.3) is 0 Å². The van der Waals surface area contributed by atoms with Crippen LogP contribution in [0.5, 0.6) is 5.75 Å². The normalized spacial score (nSPS) is 20.1. The maximum Gasteiger partial charge on any atom is 0.169 e. The van der Waals surface area contributed by atoms with Crippen LogP contribution in [0.1, 0.15) is 45.7 Å². The molecule has 1 N–H and O–H groups in total. The first-order valence-electron chi connectivity index (χ1n) is 7.80. The fraction of sp³-hybridized carbons (Fsp3) is 0.647. The maximum atomic E-state index is 6.05. The topological polar surface area (TPSA) is 39.7 Å². The average Bonchev–Trinajstić information content (AvgIpc) is 2.44. The lowest BCUT2D eigenvalue weighted by Crippen LogP contribution is -2.42. The fourth-order valence-electron chi connectivity index (χ4n) is 2.76. The second-order valence-corrected chi connectivity index (χ2v) is 5.90. The molecule has 1 unspecified atom stereocenters. The van der Waals surface area contributed by atoms with Crippen molar-refractivity contribution in [3.8, 4) is 5.75 Å². The molecule has 1 aromatic rings. The molecule has 1 aliphatic rings. The van der Waals surface area contributed by atoms with Crippen molar-refractivity contribution >= 4 is 0 Å². The SMILES string of the molecule is CCOC(CNC1CC(C)(C)Oc2ccccc21)OCC. The zero-order valence-electron chi connectivity index (χ0n) is 13.5. The molecule has 4 nitrogen and oxygen atoms in total. The van der Waals surface area contributed by atoms with E-state index in [1.54, 1.807) is 0 Å². The van der Waals surface area contributed by atoms with Gasteiger partial charge in [-0.25, -0.2) is 0 Å². The molecule has 1 aliphatic heterocycles. The Morgan fingerprint density at radius 2 is 1.90 bits per heavy atom. The maximum absolute atomic E-state index is 6.05. The van der Waals surface area contributed by atoms with E-state index in [0.29, 0.717) is 19.8 Å². The lowest BCUT2D eigenvalue weighted by atomic mass is 9.90. The number of para-hydroxylation sites is 1. The number of rotatable bonds is 7. The first-order valence-corrected chi connectivity index (χ1v) is 7.80. The molecule has 2 rings (SSSR count). The van der Waals surface area contributed by atoms with E-state index < -0.39 is 0 Å². The van der Waals surface area contributed by atoms with Crippen LogP contribution in [-0.2, 0) is 9.47 Å². The minimum atomic E-state index is -0.196. The van der Waals surface area contributed by atoms with Crippen LogP contribution in [0.2, 0.25) is 0 Å². The Morgan fingerprint density at radius 1 is 1.24 bits per heavy atom. The number of ether oxygens (including phenoxy) is 3. The molecule has 0 aromatic heterocycles. The molecule has 0 radical (unpaired) electrons. The zero-order valence-corrected chi connectivity index (χ0v) is 13.5. The van der Waals surface area contributed by atoms with E-state index in [9.17, 15) is 0 Å². The van der Waals surface area contributed by atoms with Gasteiger partial charge in [-0.2, -0.15) is 0 Å². The second-order valence-electron chi connectivity index (χ2n) is 5.90. The van der Waals surface area contributed by atoms with Gasteiger partial charge in [0.15, 0.2) is 6.29 Å². The molecule has 1 aromatic carbocycles. The van der Waals surface area contributed by atoms with Gasteiger partial charge in [0.05, 0.1) is 0 Å². The smallest absolute Gasteiger partial charge is 0.169 e. The highest BCUT2D eigenvalue weighted by atomic mass is 16.7. The third-order valence-corrected chi connectivity index (χ3v) is 3.61. The monoisotopic (exact) mass is 293 g/mol. The van der Waals surface area contributed by atoms with E-state index in [4.69, 9.17) is 14.2 Å². The highest BCUT2D eigenvalue weighted by Crippen LogP contribution is 2.39. The summed E-state index contributed by atoms with van der Waals surface area (Å²) in [5.74, 6) is 0.968. The van der Waals surface area contributed by atoms with E-state index in [1.807, 2.05) is 26.0 Å². The molecule has 118 valence electrons. The van der Waals surface area contributed by atoms with E-state index in [2.05, 4.69) is 31.3 Å². The van der Waals surface area contributed by atoms with Crippen LogP contribution in [0.15, 0.2) is 24.3 Å². The van der Waals surface area contributed by atoms with Crippen molar-refractivity contribution in [3.63, 3.8) is 0 Å². The Bertz CT molecular complexity index is 441. The molecule has 0 saturated carbocycles. The Morgan fingerprint density at radius 3 is 2.57 bits per heavy atom. The summed E-state index contributed by atoms with van der Waals surface area (Å²) in [4.78, 5) is 0. The Hall–Kier alpha value is -1.10. The van der Waals surface area contributed by atoms with Crippen molar-refractivity contribution in [2.45, 2.75) is 52.0 Å². The number of fused-ring (bicyclic) bond motifs is 1. The Balaban J connectivity index is 2.05. The van der Waals surface area contributed by atoms with E-state index in [-0.39, 0.29) is 17.9 Å². The lowest BCUT2D eigenvalue weighted by molar-refractivity contribution is -0.134. The van der Waals surface area contributed by atoms with Gasteiger partial charge in [-0.1, -0.05) is 18.2 Å². The second kappa shape index (κ2) is 7.25. The molecule has 21 heavy (non-hydrogen) atoms. The Labute approximate surface area is 127 Å². The molecular weight excluding hydrogens is 266 g/mol. The van der Waals surface area contributed by atoms with Gasteiger partial charge in [0.1, 0.15) is 11.4 Å². The predicted octanol–water partition coefficient (Wildman–Crippen LogP) is 3.28. The number of benzene rings is 1. The number of hydrogen-bond donors (Lipinski definition) is 1. The summed E-state index contributed by atoms with van der Waals surface area (Å²) in [6.07, 6.45) is 0.729. The van der Waals surface area contributed by atoms with Gasteiger partial charge in [-0.3, -0.25) is 0 Å². The fourth-order valence-corrected chi connectivity index (χ4v) is 2.76. The summed E-state index contributed by atoms with van der Waals surface area (Å²) < 4.78 is 17.2. The third kappa shape index (κ3) is 4.43. The third-order valence-electron chi connectivity index (χ3n) is 3.61.